The lowest BCUT2D eigenvalue weighted by Gasteiger charge is -2.22. The average molecular weight is 256 g/mol. The highest BCUT2D eigenvalue weighted by Crippen LogP contribution is 2.22. The first-order valence-electron chi connectivity index (χ1n) is 5.62. The zero-order valence-electron chi connectivity index (χ0n) is 9.90. The van der Waals surface area contributed by atoms with Crippen molar-refractivity contribution in [3.05, 3.63) is 5.01 Å². The van der Waals surface area contributed by atoms with E-state index < -0.39 is 0 Å². The SMILES string of the molecule is CC(C)c1nnc(NC(=O)C2COCCN2)s1. The monoisotopic (exact) mass is 256 g/mol. The van der Waals surface area contributed by atoms with Crippen LogP contribution in [0.15, 0.2) is 0 Å². The summed E-state index contributed by atoms with van der Waals surface area (Å²) in [6, 6.07) is -0.296. The second-order valence-electron chi connectivity index (χ2n) is 4.17. The summed E-state index contributed by atoms with van der Waals surface area (Å²) in [4.78, 5) is 11.8. The predicted molar refractivity (Wildman–Crippen MR) is 65.2 cm³/mol. The molecule has 0 radical (unpaired) electrons. The van der Waals surface area contributed by atoms with Gasteiger partial charge in [0.15, 0.2) is 0 Å². The van der Waals surface area contributed by atoms with Crippen LogP contribution in [0.25, 0.3) is 0 Å². The number of nitrogens with one attached hydrogen (secondary N) is 2. The van der Waals surface area contributed by atoms with E-state index in [-0.39, 0.29) is 11.9 Å². The van der Waals surface area contributed by atoms with Gasteiger partial charge in [0.1, 0.15) is 11.0 Å². The van der Waals surface area contributed by atoms with Crippen LogP contribution < -0.4 is 10.6 Å². The Kier molecular flexibility index (Phi) is 4.03. The summed E-state index contributed by atoms with van der Waals surface area (Å²) >= 11 is 1.41. The molecule has 17 heavy (non-hydrogen) atoms. The fourth-order valence-electron chi connectivity index (χ4n) is 1.44. The Morgan fingerprint density at radius 2 is 2.41 bits per heavy atom. The minimum absolute atomic E-state index is 0.115. The third-order valence-electron chi connectivity index (χ3n) is 2.40. The van der Waals surface area contributed by atoms with Crippen molar-refractivity contribution in [2.45, 2.75) is 25.8 Å². The van der Waals surface area contributed by atoms with Gasteiger partial charge in [-0.15, -0.1) is 10.2 Å². The molecule has 2 N–H and O–H groups in total. The Hall–Kier alpha value is -1.05. The Balaban J connectivity index is 1.92. The molecule has 0 spiro atoms. The lowest BCUT2D eigenvalue weighted by atomic mass is 10.2. The molecular formula is C10H16N4O2S. The predicted octanol–water partition coefficient (Wildman–Crippen LogP) is 0.588. The lowest BCUT2D eigenvalue weighted by molar-refractivity contribution is -0.120. The largest absolute Gasteiger partial charge is 0.378 e. The van der Waals surface area contributed by atoms with E-state index >= 15 is 0 Å². The molecule has 94 valence electrons. The number of morpholine rings is 1. The summed E-state index contributed by atoms with van der Waals surface area (Å²) in [7, 11) is 0. The number of rotatable bonds is 3. The van der Waals surface area contributed by atoms with Crippen molar-refractivity contribution in [3.8, 4) is 0 Å². The van der Waals surface area contributed by atoms with Gasteiger partial charge in [0.25, 0.3) is 0 Å². The van der Waals surface area contributed by atoms with Gasteiger partial charge in [-0.3, -0.25) is 10.1 Å². The Morgan fingerprint density at radius 1 is 1.59 bits per heavy atom. The first-order valence-corrected chi connectivity index (χ1v) is 6.44. The number of hydrogen-bond acceptors (Lipinski definition) is 6. The molecule has 2 rings (SSSR count). The molecule has 1 aromatic rings. The van der Waals surface area contributed by atoms with Crippen LogP contribution in [0.3, 0.4) is 0 Å². The van der Waals surface area contributed by atoms with Gasteiger partial charge in [0, 0.05) is 12.5 Å². The van der Waals surface area contributed by atoms with Crippen molar-refractivity contribution in [1.29, 1.82) is 0 Å². The molecule has 1 unspecified atom stereocenters. The Morgan fingerprint density at radius 3 is 3.00 bits per heavy atom. The molecule has 1 saturated heterocycles. The second-order valence-corrected chi connectivity index (χ2v) is 5.18. The van der Waals surface area contributed by atoms with Crippen LogP contribution in [0.5, 0.6) is 0 Å². The van der Waals surface area contributed by atoms with Gasteiger partial charge in [-0.2, -0.15) is 0 Å². The van der Waals surface area contributed by atoms with Crippen LogP contribution in [0, 0.1) is 0 Å². The normalized spacial score (nSPS) is 20.5. The van der Waals surface area contributed by atoms with E-state index in [0.29, 0.717) is 30.8 Å². The Bertz CT molecular complexity index is 387. The summed E-state index contributed by atoms with van der Waals surface area (Å²) in [5, 5.41) is 15.3. The number of ether oxygens (including phenoxy) is 1. The molecule has 0 aliphatic carbocycles. The molecule has 6 nitrogen and oxygen atoms in total. The molecule has 1 aromatic heterocycles. The van der Waals surface area contributed by atoms with E-state index in [0.717, 1.165) is 5.01 Å². The molecule has 1 fully saturated rings. The van der Waals surface area contributed by atoms with Crippen molar-refractivity contribution < 1.29 is 9.53 Å². The maximum absolute atomic E-state index is 11.8. The number of carbonyl (C=O) groups excluding carboxylic acids is 1. The zero-order chi connectivity index (χ0) is 12.3. The smallest absolute Gasteiger partial charge is 0.245 e. The van der Waals surface area contributed by atoms with E-state index in [2.05, 4.69) is 20.8 Å². The van der Waals surface area contributed by atoms with Crippen molar-refractivity contribution >= 4 is 22.4 Å². The third-order valence-corrected chi connectivity index (χ3v) is 3.54. The fourth-order valence-corrected chi connectivity index (χ4v) is 2.19. The molecule has 2 heterocycles. The number of carbonyl (C=O) groups is 1. The quantitative estimate of drug-likeness (QED) is 0.827. The van der Waals surface area contributed by atoms with Crippen LogP contribution in [0.4, 0.5) is 5.13 Å². The van der Waals surface area contributed by atoms with Crippen molar-refractivity contribution in [1.82, 2.24) is 15.5 Å². The molecule has 1 amide bonds. The Labute approximate surface area is 104 Å². The summed E-state index contributed by atoms with van der Waals surface area (Å²) in [6.07, 6.45) is 0. The zero-order valence-corrected chi connectivity index (χ0v) is 10.7. The van der Waals surface area contributed by atoms with Crippen LogP contribution in [0.1, 0.15) is 24.8 Å². The van der Waals surface area contributed by atoms with Crippen LogP contribution in [-0.4, -0.2) is 41.9 Å². The van der Waals surface area contributed by atoms with E-state index in [9.17, 15) is 4.79 Å². The first kappa shape index (κ1) is 12.4. The highest BCUT2D eigenvalue weighted by Gasteiger charge is 2.22. The molecule has 0 bridgehead atoms. The van der Waals surface area contributed by atoms with Gasteiger partial charge in [0.05, 0.1) is 13.2 Å². The van der Waals surface area contributed by atoms with Gasteiger partial charge in [-0.1, -0.05) is 25.2 Å². The average Bonchev–Trinajstić information content (AvgIpc) is 2.79. The summed E-state index contributed by atoms with van der Waals surface area (Å²) in [6.45, 7) is 5.85. The topological polar surface area (TPSA) is 76.1 Å². The molecule has 1 aliphatic heterocycles. The highest BCUT2D eigenvalue weighted by atomic mass is 32.1. The summed E-state index contributed by atoms with van der Waals surface area (Å²) < 4.78 is 5.23. The van der Waals surface area contributed by atoms with Gasteiger partial charge in [-0.25, -0.2) is 0 Å². The van der Waals surface area contributed by atoms with E-state index in [1.54, 1.807) is 0 Å². The standard InChI is InChI=1S/C10H16N4O2S/c1-6(2)9-13-14-10(17-9)12-8(15)7-5-16-4-3-11-7/h6-7,11H,3-5H2,1-2H3,(H,12,14,15). The first-order chi connectivity index (χ1) is 8.16. The maximum atomic E-state index is 11.8. The summed E-state index contributed by atoms with van der Waals surface area (Å²) in [5.41, 5.74) is 0. The van der Waals surface area contributed by atoms with Crippen molar-refractivity contribution in [2.24, 2.45) is 0 Å². The molecule has 1 atom stereocenters. The molecular weight excluding hydrogens is 240 g/mol. The van der Waals surface area contributed by atoms with E-state index in [4.69, 9.17) is 4.74 Å². The fraction of sp³-hybridized carbons (Fsp3) is 0.700. The molecule has 1 aliphatic rings. The summed E-state index contributed by atoms with van der Waals surface area (Å²) in [5.74, 6) is 0.213. The minimum atomic E-state index is -0.296. The van der Waals surface area contributed by atoms with E-state index in [1.165, 1.54) is 11.3 Å². The van der Waals surface area contributed by atoms with Crippen molar-refractivity contribution in [3.63, 3.8) is 0 Å². The van der Waals surface area contributed by atoms with Crippen LogP contribution in [-0.2, 0) is 9.53 Å². The third kappa shape index (κ3) is 3.21. The molecule has 7 heteroatoms. The van der Waals surface area contributed by atoms with Crippen LogP contribution in [0.2, 0.25) is 0 Å². The minimum Gasteiger partial charge on any atom is -0.378 e. The van der Waals surface area contributed by atoms with Gasteiger partial charge in [-0.05, 0) is 0 Å². The highest BCUT2D eigenvalue weighted by molar-refractivity contribution is 7.15. The van der Waals surface area contributed by atoms with Gasteiger partial charge < -0.3 is 10.1 Å². The number of amides is 1. The van der Waals surface area contributed by atoms with E-state index in [1.807, 2.05) is 13.8 Å². The second kappa shape index (κ2) is 5.52. The molecule has 0 aromatic carbocycles. The maximum Gasteiger partial charge on any atom is 0.245 e. The van der Waals surface area contributed by atoms with Crippen molar-refractivity contribution in [2.75, 3.05) is 25.1 Å². The van der Waals surface area contributed by atoms with Crippen LogP contribution >= 0.6 is 11.3 Å². The van der Waals surface area contributed by atoms with Gasteiger partial charge >= 0.3 is 0 Å². The van der Waals surface area contributed by atoms with Gasteiger partial charge in [0.2, 0.25) is 11.0 Å². The lowest BCUT2D eigenvalue weighted by Crippen LogP contribution is -2.48. The molecule has 0 saturated carbocycles. The number of anilines is 1. The number of aromatic nitrogens is 2. The number of nitrogens with zero attached hydrogens (tertiary/aromatic N) is 2. The number of hydrogen-bond donors (Lipinski definition) is 2.